The number of rotatable bonds is 4. The molecule has 1 aliphatic carbocycles. The number of anilines is 1. The molecule has 152 valence electrons. The first-order valence-corrected chi connectivity index (χ1v) is 11.7. The number of benzene rings is 1. The molecule has 5 rings (SSSR count). The van der Waals surface area contributed by atoms with E-state index < -0.39 is 0 Å². The van der Waals surface area contributed by atoms with Crippen molar-refractivity contribution in [1.82, 2.24) is 4.90 Å². The summed E-state index contributed by atoms with van der Waals surface area (Å²) in [6.07, 6.45) is 6.19. The minimum Gasteiger partial charge on any atom is -0.363 e. The van der Waals surface area contributed by atoms with Crippen molar-refractivity contribution >= 4 is 28.6 Å². The van der Waals surface area contributed by atoms with Crippen LogP contribution in [0.3, 0.4) is 0 Å². The van der Waals surface area contributed by atoms with Gasteiger partial charge in [-0.15, -0.1) is 11.3 Å². The van der Waals surface area contributed by atoms with Crippen LogP contribution >= 0.6 is 11.3 Å². The Labute approximate surface area is 176 Å². The van der Waals surface area contributed by atoms with Crippen molar-refractivity contribution < 1.29 is 9.59 Å². The Morgan fingerprint density at radius 1 is 1.07 bits per heavy atom. The third-order valence-electron chi connectivity index (χ3n) is 6.70. The molecule has 1 atom stereocenters. The van der Waals surface area contributed by atoms with Crippen molar-refractivity contribution in [2.24, 2.45) is 0 Å². The number of fused-ring (bicyclic) bond motifs is 2. The van der Waals surface area contributed by atoms with Crippen molar-refractivity contribution in [1.29, 1.82) is 0 Å². The van der Waals surface area contributed by atoms with Crippen molar-refractivity contribution in [2.75, 3.05) is 31.1 Å². The van der Waals surface area contributed by atoms with Crippen LogP contribution in [0.4, 0.5) is 5.69 Å². The van der Waals surface area contributed by atoms with E-state index in [1.807, 2.05) is 6.07 Å². The number of nitrogens with zero attached hydrogens (tertiary/aromatic N) is 2. The van der Waals surface area contributed by atoms with E-state index in [1.165, 1.54) is 47.6 Å². The van der Waals surface area contributed by atoms with Crippen LogP contribution in [0.5, 0.6) is 0 Å². The number of hydrogen-bond donors (Lipinski definition) is 0. The molecule has 4 nitrogen and oxygen atoms in total. The van der Waals surface area contributed by atoms with Gasteiger partial charge in [0.25, 0.3) is 0 Å². The van der Waals surface area contributed by atoms with Crippen LogP contribution in [-0.2, 0) is 12.8 Å². The molecule has 1 fully saturated rings. The summed E-state index contributed by atoms with van der Waals surface area (Å²) in [4.78, 5) is 31.6. The monoisotopic (exact) mass is 408 g/mol. The lowest BCUT2D eigenvalue weighted by Crippen LogP contribution is -2.41. The molecule has 0 radical (unpaired) electrons. The molecule has 0 N–H and O–H groups in total. The van der Waals surface area contributed by atoms with Gasteiger partial charge in [0.1, 0.15) is 0 Å². The molecule has 1 aromatic heterocycles. The van der Waals surface area contributed by atoms with Gasteiger partial charge in [0, 0.05) is 35.6 Å². The predicted molar refractivity (Wildman–Crippen MR) is 117 cm³/mol. The molecular weight excluding hydrogens is 380 g/mol. The second-order valence-electron chi connectivity index (χ2n) is 8.63. The minimum atomic E-state index is 0.170. The summed E-state index contributed by atoms with van der Waals surface area (Å²) in [5, 5.41) is 0. The molecule has 1 aromatic carbocycles. The highest BCUT2D eigenvalue weighted by molar-refractivity contribution is 7.14. The summed E-state index contributed by atoms with van der Waals surface area (Å²) >= 11 is 1.69. The van der Waals surface area contributed by atoms with E-state index in [0.29, 0.717) is 6.42 Å². The maximum atomic E-state index is 12.2. The van der Waals surface area contributed by atoms with Crippen LogP contribution in [0.15, 0.2) is 24.3 Å². The molecule has 3 heterocycles. The molecule has 2 aliphatic heterocycles. The number of Topliss-reactive ketones (excluding diaryl/α,β-unsaturated/α-hetero) is 2. The molecule has 2 aromatic rings. The number of carbonyl (C=O) groups is 2. The second-order valence-corrected chi connectivity index (χ2v) is 9.77. The predicted octanol–water partition coefficient (Wildman–Crippen LogP) is 4.67. The zero-order valence-corrected chi connectivity index (χ0v) is 17.9. The molecule has 0 amide bonds. The maximum absolute atomic E-state index is 12.2. The first kappa shape index (κ1) is 19.0. The Hall–Kier alpha value is -1.98. The van der Waals surface area contributed by atoms with Gasteiger partial charge in [-0.1, -0.05) is 0 Å². The summed E-state index contributed by atoms with van der Waals surface area (Å²) in [6, 6.07) is 8.87. The van der Waals surface area contributed by atoms with E-state index in [0.717, 1.165) is 42.8 Å². The van der Waals surface area contributed by atoms with Crippen molar-refractivity contribution in [3.05, 3.63) is 50.7 Å². The normalized spacial score (nSPS) is 21.9. The Bertz CT molecular complexity index is 958. The van der Waals surface area contributed by atoms with E-state index in [1.54, 1.807) is 18.3 Å². The summed E-state index contributed by atoms with van der Waals surface area (Å²) in [7, 11) is 0. The highest BCUT2D eigenvalue weighted by Gasteiger charge is 2.33. The van der Waals surface area contributed by atoms with Gasteiger partial charge in [-0.05, 0) is 87.5 Å². The summed E-state index contributed by atoms with van der Waals surface area (Å²) in [5.74, 6) is 0.458. The molecule has 29 heavy (non-hydrogen) atoms. The molecule has 0 saturated carbocycles. The molecule has 5 heteroatoms. The largest absolute Gasteiger partial charge is 0.363 e. The van der Waals surface area contributed by atoms with E-state index >= 15 is 0 Å². The lowest BCUT2D eigenvalue weighted by atomic mass is 9.89. The zero-order chi connectivity index (χ0) is 20.0. The van der Waals surface area contributed by atoms with Crippen LogP contribution in [0.2, 0.25) is 0 Å². The molecule has 1 saturated heterocycles. The van der Waals surface area contributed by atoms with Gasteiger partial charge in [-0.3, -0.25) is 9.59 Å². The fourth-order valence-electron chi connectivity index (χ4n) is 5.17. The summed E-state index contributed by atoms with van der Waals surface area (Å²) < 4.78 is 0. The molecule has 1 unspecified atom stereocenters. The molecule has 0 spiro atoms. The highest BCUT2D eigenvalue weighted by Crippen LogP contribution is 2.40. The smallest absolute Gasteiger partial charge is 0.169 e. The van der Waals surface area contributed by atoms with Crippen LogP contribution in [0.25, 0.3) is 0 Å². The lowest BCUT2D eigenvalue weighted by Gasteiger charge is -2.40. The van der Waals surface area contributed by atoms with Crippen molar-refractivity contribution in [2.45, 2.75) is 51.5 Å². The average molecular weight is 409 g/mol. The molecular formula is C24H28N2O2S. The molecule has 3 aliphatic rings. The van der Waals surface area contributed by atoms with Crippen LogP contribution in [0, 0.1) is 0 Å². The Morgan fingerprint density at radius 3 is 2.69 bits per heavy atom. The third kappa shape index (κ3) is 3.55. The Kier molecular flexibility index (Phi) is 5.04. The number of carbonyl (C=O) groups excluding carboxylic acids is 2. The quantitative estimate of drug-likeness (QED) is 0.690. The Morgan fingerprint density at radius 2 is 1.90 bits per heavy atom. The number of aryl methyl sites for hydroxylation is 1. The SMILES string of the molecule is CC(=O)c1cc2c(s1)CCN(c1ccc3c(c1)CCCC3=O)C2CN1CCCC1. The fourth-order valence-corrected chi connectivity index (χ4v) is 6.27. The third-order valence-corrected chi connectivity index (χ3v) is 8.02. The molecule has 0 bridgehead atoms. The van der Waals surface area contributed by atoms with Gasteiger partial charge in [-0.25, -0.2) is 0 Å². The summed E-state index contributed by atoms with van der Waals surface area (Å²) in [6.45, 7) is 5.99. The van der Waals surface area contributed by atoms with E-state index in [2.05, 4.69) is 28.0 Å². The van der Waals surface area contributed by atoms with Gasteiger partial charge < -0.3 is 9.80 Å². The van der Waals surface area contributed by atoms with E-state index in [-0.39, 0.29) is 17.6 Å². The highest BCUT2D eigenvalue weighted by atomic mass is 32.1. The van der Waals surface area contributed by atoms with Gasteiger partial charge in [-0.2, -0.15) is 0 Å². The van der Waals surface area contributed by atoms with Crippen LogP contribution < -0.4 is 4.90 Å². The number of likely N-dealkylation sites (tertiary alicyclic amines) is 1. The van der Waals surface area contributed by atoms with E-state index in [4.69, 9.17) is 0 Å². The average Bonchev–Trinajstić information content (AvgIpc) is 3.38. The maximum Gasteiger partial charge on any atom is 0.169 e. The van der Waals surface area contributed by atoms with Crippen molar-refractivity contribution in [3.8, 4) is 0 Å². The van der Waals surface area contributed by atoms with Crippen LogP contribution in [0.1, 0.15) is 74.7 Å². The van der Waals surface area contributed by atoms with Gasteiger partial charge in [0.15, 0.2) is 11.6 Å². The lowest BCUT2D eigenvalue weighted by molar-refractivity contribution is 0.0971. The van der Waals surface area contributed by atoms with Gasteiger partial charge >= 0.3 is 0 Å². The number of ketones is 2. The first-order valence-electron chi connectivity index (χ1n) is 10.9. The standard InChI is InChI=1S/C24H28N2O2S/c1-16(27)24-14-20-21(15-25-10-2-3-11-25)26(12-9-23(20)29-24)18-7-8-19-17(13-18)5-4-6-22(19)28/h7-8,13-14,21H,2-6,9-12,15H2,1H3. The fraction of sp³-hybridized carbons (Fsp3) is 0.500. The first-order chi connectivity index (χ1) is 14.1. The summed E-state index contributed by atoms with van der Waals surface area (Å²) in [5.41, 5.74) is 4.69. The van der Waals surface area contributed by atoms with Crippen molar-refractivity contribution in [3.63, 3.8) is 0 Å². The van der Waals surface area contributed by atoms with Gasteiger partial charge in [0.05, 0.1) is 10.9 Å². The van der Waals surface area contributed by atoms with Crippen LogP contribution in [-0.4, -0.2) is 42.6 Å². The minimum absolute atomic E-state index is 0.170. The second kappa shape index (κ2) is 7.69. The van der Waals surface area contributed by atoms with Gasteiger partial charge in [0.2, 0.25) is 0 Å². The topological polar surface area (TPSA) is 40.6 Å². The number of hydrogen-bond acceptors (Lipinski definition) is 5. The Balaban J connectivity index is 1.52. The van der Waals surface area contributed by atoms with E-state index in [9.17, 15) is 9.59 Å². The number of thiophene rings is 1. The zero-order valence-electron chi connectivity index (χ0n) is 17.1.